The SMILES string of the molecule is CCCCC(CC)CN(CC(CC)CCCC)c1ccc(N=Nc2sc(N=Nc3ccc(CCC)cc3)c(C)c2C#N)c(NC(C)=O)c1. The van der Waals surface area contributed by atoms with Crippen LogP contribution in [0.15, 0.2) is 62.9 Å². The zero-order chi connectivity index (χ0) is 34.9. The molecule has 1 N–H and O–H groups in total. The lowest BCUT2D eigenvalue weighted by Crippen LogP contribution is -2.34. The number of hydrogen-bond donors (Lipinski definition) is 1. The lowest BCUT2D eigenvalue weighted by atomic mass is 9.95. The first-order valence-electron chi connectivity index (χ1n) is 17.9. The molecule has 3 rings (SSSR count). The van der Waals surface area contributed by atoms with Gasteiger partial charge in [-0.15, -0.1) is 20.5 Å². The van der Waals surface area contributed by atoms with Crippen molar-refractivity contribution >= 4 is 50.0 Å². The van der Waals surface area contributed by atoms with E-state index in [1.807, 2.05) is 31.2 Å². The van der Waals surface area contributed by atoms with E-state index in [-0.39, 0.29) is 5.91 Å². The topological polar surface area (TPSA) is 106 Å². The van der Waals surface area contributed by atoms with Crippen LogP contribution >= 0.6 is 11.3 Å². The number of nitriles is 1. The van der Waals surface area contributed by atoms with Crippen LogP contribution in [0.3, 0.4) is 0 Å². The molecule has 0 fully saturated rings. The number of nitrogens with one attached hydrogen (secondary N) is 1. The Morgan fingerprint density at radius 2 is 1.48 bits per heavy atom. The lowest BCUT2D eigenvalue weighted by Gasteiger charge is -2.33. The van der Waals surface area contributed by atoms with E-state index in [1.165, 1.54) is 62.3 Å². The largest absolute Gasteiger partial charge is 0.371 e. The molecule has 8 nitrogen and oxygen atoms in total. The monoisotopic (exact) mass is 669 g/mol. The molecule has 48 heavy (non-hydrogen) atoms. The number of thiophene rings is 1. The van der Waals surface area contributed by atoms with Crippen LogP contribution in [0, 0.1) is 30.1 Å². The van der Waals surface area contributed by atoms with E-state index in [2.05, 4.69) is 89.6 Å². The Hall–Kier alpha value is -3.90. The fourth-order valence-corrected chi connectivity index (χ4v) is 6.75. The fourth-order valence-electron chi connectivity index (χ4n) is 5.85. The average Bonchev–Trinajstić information content (AvgIpc) is 3.40. The predicted octanol–water partition coefficient (Wildman–Crippen LogP) is 12.9. The summed E-state index contributed by atoms with van der Waals surface area (Å²) in [4.78, 5) is 14.9. The summed E-state index contributed by atoms with van der Waals surface area (Å²) in [6, 6.07) is 16.4. The van der Waals surface area contributed by atoms with Crippen LogP contribution in [0.25, 0.3) is 0 Å². The van der Waals surface area contributed by atoms with Crippen LogP contribution in [-0.2, 0) is 11.2 Å². The maximum atomic E-state index is 12.3. The van der Waals surface area contributed by atoms with Crippen molar-refractivity contribution in [2.75, 3.05) is 23.3 Å². The predicted molar refractivity (Wildman–Crippen MR) is 202 cm³/mol. The number of anilines is 2. The van der Waals surface area contributed by atoms with Crippen molar-refractivity contribution in [3.8, 4) is 6.07 Å². The van der Waals surface area contributed by atoms with Crippen molar-refractivity contribution in [2.24, 2.45) is 32.3 Å². The summed E-state index contributed by atoms with van der Waals surface area (Å²) in [5.74, 6) is 1.04. The van der Waals surface area contributed by atoms with Crippen molar-refractivity contribution in [1.29, 1.82) is 5.26 Å². The maximum Gasteiger partial charge on any atom is 0.221 e. The zero-order valence-corrected chi connectivity index (χ0v) is 31.0. The van der Waals surface area contributed by atoms with E-state index in [4.69, 9.17) is 0 Å². The molecule has 0 radical (unpaired) electrons. The fraction of sp³-hybridized carbons (Fsp3) is 0.538. The normalized spacial score (nSPS) is 12.8. The Morgan fingerprint density at radius 1 is 0.854 bits per heavy atom. The zero-order valence-electron chi connectivity index (χ0n) is 30.2. The summed E-state index contributed by atoms with van der Waals surface area (Å²) in [7, 11) is 0. The van der Waals surface area contributed by atoms with E-state index in [9.17, 15) is 10.1 Å². The molecule has 0 bridgehead atoms. The molecule has 258 valence electrons. The summed E-state index contributed by atoms with van der Waals surface area (Å²) in [5, 5.41) is 31.9. The molecule has 1 amide bonds. The second-order valence-electron chi connectivity index (χ2n) is 12.8. The lowest BCUT2D eigenvalue weighted by molar-refractivity contribution is -0.114. The Kier molecular flexibility index (Phi) is 16.4. The highest BCUT2D eigenvalue weighted by atomic mass is 32.1. The van der Waals surface area contributed by atoms with Gasteiger partial charge in [-0.1, -0.05) is 103 Å². The molecule has 0 spiro atoms. The molecule has 2 unspecified atom stereocenters. The van der Waals surface area contributed by atoms with Crippen LogP contribution in [0.1, 0.15) is 116 Å². The summed E-state index contributed by atoms with van der Waals surface area (Å²) in [6.45, 7) is 16.6. The summed E-state index contributed by atoms with van der Waals surface area (Å²) < 4.78 is 0. The van der Waals surface area contributed by atoms with Crippen molar-refractivity contribution in [1.82, 2.24) is 0 Å². The van der Waals surface area contributed by atoms with E-state index in [0.29, 0.717) is 38.8 Å². The van der Waals surface area contributed by atoms with Gasteiger partial charge in [0.25, 0.3) is 0 Å². The molecule has 1 aromatic heterocycles. The average molecular weight is 670 g/mol. The van der Waals surface area contributed by atoms with Crippen LogP contribution in [0.4, 0.5) is 32.8 Å². The van der Waals surface area contributed by atoms with E-state index in [1.54, 1.807) is 0 Å². The molecule has 0 saturated carbocycles. The minimum absolute atomic E-state index is 0.172. The number of benzene rings is 2. The Bertz CT molecular complexity index is 1520. The Morgan fingerprint density at radius 3 is 2.02 bits per heavy atom. The number of rotatable bonds is 20. The van der Waals surface area contributed by atoms with Crippen LogP contribution in [0.5, 0.6) is 0 Å². The standard InChI is InChI=1S/C39H55N7OS/c1-8-13-16-30(11-4)26-46(27-31(12-5)17-14-9-2)34-22-23-36(37(24-34)41-29(7)47)43-45-39-35(25-40)28(6)38(48-39)44-42-33-20-18-32(15-10-3)19-21-33/h18-24,30-31H,8-17,26-27H2,1-7H3,(H,41,47). The third kappa shape index (κ3) is 11.7. The highest BCUT2D eigenvalue weighted by Crippen LogP contribution is 2.42. The minimum Gasteiger partial charge on any atom is -0.371 e. The highest BCUT2D eigenvalue weighted by molar-refractivity contribution is 7.19. The van der Waals surface area contributed by atoms with E-state index >= 15 is 0 Å². The molecule has 0 aliphatic heterocycles. The van der Waals surface area contributed by atoms with Crippen molar-refractivity contribution < 1.29 is 4.79 Å². The number of amides is 1. The molecular formula is C39H55N7OS. The van der Waals surface area contributed by atoms with E-state index < -0.39 is 0 Å². The van der Waals surface area contributed by atoms with Gasteiger partial charge < -0.3 is 10.2 Å². The van der Waals surface area contributed by atoms with Crippen LogP contribution in [-0.4, -0.2) is 19.0 Å². The van der Waals surface area contributed by atoms with Gasteiger partial charge >= 0.3 is 0 Å². The molecule has 9 heteroatoms. The van der Waals surface area contributed by atoms with Gasteiger partial charge in [0.1, 0.15) is 16.8 Å². The van der Waals surface area contributed by atoms with Gasteiger partial charge in [0.05, 0.1) is 16.9 Å². The van der Waals surface area contributed by atoms with Gasteiger partial charge in [0.2, 0.25) is 5.91 Å². The summed E-state index contributed by atoms with van der Waals surface area (Å²) in [5.41, 5.74) is 5.40. The van der Waals surface area contributed by atoms with Gasteiger partial charge in [-0.3, -0.25) is 4.79 Å². The first-order valence-corrected chi connectivity index (χ1v) is 18.7. The maximum absolute atomic E-state index is 12.3. The first-order chi connectivity index (χ1) is 23.3. The third-order valence-electron chi connectivity index (χ3n) is 8.89. The van der Waals surface area contributed by atoms with E-state index in [0.717, 1.165) is 55.7 Å². The summed E-state index contributed by atoms with van der Waals surface area (Å²) in [6.07, 6.45) is 11.7. The van der Waals surface area contributed by atoms with Crippen LogP contribution in [0.2, 0.25) is 0 Å². The molecule has 0 saturated heterocycles. The van der Waals surface area contributed by atoms with Gasteiger partial charge in [0, 0.05) is 31.3 Å². The molecule has 1 heterocycles. The summed E-state index contributed by atoms with van der Waals surface area (Å²) >= 11 is 1.28. The molecule has 2 atom stereocenters. The smallest absolute Gasteiger partial charge is 0.221 e. The van der Waals surface area contributed by atoms with Gasteiger partial charge in [-0.2, -0.15) is 5.26 Å². The molecule has 0 aliphatic carbocycles. The number of hydrogen-bond acceptors (Lipinski definition) is 8. The van der Waals surface area contributed by atoms with Gasteiger partial charge in [0.15, 0.2) is 5.00 Å². The second kappa shape index (κ2) is 20.5. The minimum atomic E-state index is -0.172. The molecular weight excluding hydrogens is 615 g/mol. The molecule has 0 aliphatic rings. The number of nitrogens with zero attached hydrogens (tertiary/aromatic N) is 6. The number of azo groups is 2. The molecule has 2 aromatic carbocycles. The van der Waals surface area contributed by atoms with Crippen LogP contribution < -0.4 is 10.2 Å². The van der Waals surface area contributed by atoms with Crippen molar-refractivity contribution in [3.63, 3.8) is 0 Å². The van der Waals surface area contributed by atoms with Gasteiger partial charge in [-0.25, -0.2) is 0 Å². The van der Waals surface area contributed by atoms with Crippen molar-refractivity contribution in [2.45, 2.75) is 113 Å². The number of carbonyl (C=O) groups excluding carboxylic acids is 1. The third-order valence-corrected chi connectivity index (χ3v) is 9.95. The number of unbranched alkanes of at least 4 members (excludes halogenated alkanes) is 2. The Labute approximate surface area is 292 Å². The second-order valence-corrected chi connectivity index (χ2v) is 13.7. The number of carbonyl (C=O) groups is 1. The van der Waals surface area contributed by atoms with Crippen molar-refractivity contribution in [3.05, 3.63) is 59.2 Å². The highest BCUT2D eigenvalue weighted by Gasteiger charge is 2.20. The molecule has 3 aromatic rings. The Balaban J connectivity index is 1.94. The quantitative estimate of drug-likeness (QED) is 0.121. The van der Waals surface area contributed by atoms with Gasteiger partial charge in [-0.05, 0) is 73.9 Å². The number of aryl methyl sites for hydroxylation is 1. The first kappa shape index (κ1) is 38.5.